The molecule has 20 heavy (non-hydrogen) atoms. The number of nitrogen functional groups attached to an aromatic ring is 1. The van der Waals surface area contributed by atoms with E-state index in [1.807, 2.05) is 25.7 Å². The van der Waals surface area contributed by atoms with Crippen molar-refractivity contribution in [3.05, 3.63) is 11.9 Å². The van der Waals surface area contributed by atoms with Crippen LogP contribution in [0.3, 0.4) is 0 Å². The summed E-state index contributed by atoms with van der Waals surface area (Å²) in [6.45, 7) is 6.85. The summed E-state index contributed by atoms with van der Waals surface area (Å²) in [5.74, 6) is 7.06. The van der Waals surface area contributed by atoms with Crippen LogP contribution in [0.25, 0.3) is 0 Å². The zero-order valence-corrected chi connectivity index (χ0v) is 12.2. The molecular weight excluding hydrogens is 256 g/mol. The molecule has 1 fully saturated rings. The SMILES string of the molecule is CC(C)(C)c1nc(NN)cc(N2CCCC2C(N)=O)n1. The molecule has 0 aliphatic carbocycles. The molecule has 110 valence electrons. The van der Waals surface area contributed by atoms with Crippen molar-refractivity contribution in [3.8, 4) is 0 Å². The Morgan fingerprint density at radius 1 is 1.45 bits per heavy atom. The first-order chi connectivity index (χ1) is 9.32. The van der Waals surface area contributed by atoms with Crippen LogP contribution in [-0.4, -0.2) is 28.5 Å². The third-order valence-electron chi connectivity index (χ3n) is 3.41. The second kappa shape index (κ2) is 5.24. The highest BCUT2D eigenvalue weighted by Gasteiger charge is 2.31. The molecule has 5 N–H and O–H groups in total. The van der Waals surface area contributed by atoms with Crippen LogP contribution < -0.4 is 21.9 Å². The third kappa shape index (κ3) is 2.82. The van der Waals surface area contributed by atoms with Crippen LogP contribution in [0, 0.1) is 0 Å². The number of hydrogen-bond acceptors (Lipinski definition) is 6. The molecule has 1 aliphatic rings. The molecule has 1 aliphatic heterocycles. The van der Waals surface area contributed by atoms with Gasteiger partial charge in [-0.05, 0) is 12.8 Å². The summed E-state index contributed by atoms with van der Waals surface area (Å²) in [6.07, 6.45) is 1.68. The van der Waals surface area contributed by atoms with Gasteiger partial charge in [-0.3, -0.25) is 4.79 Å². The number of carbonyl (C=O) groups is 1. The van der Waals surface area contributed by atoms with Gasteiger partial charge in [0.2, 0.25) is 5.91 Å². The van der Waals surface area contributed by atoms with E-state index in [1.54, 1.807) is 6.07 Å². The highest BCUT2D eigenvalue weighted by Crippen LogP contribution is 2.28. The van der Waals surface area contributed by atoms with Crippen molar-refractivity contribution in [2.75, 3.05) is 16.9 Å². The molecule has 7 heteroatoms. The number of nitrogens with zero attached hydrogens (tertiary/aromatic N) is 3. The molecule has 1 atom stereocenters. The summed E-state index contributed by atoms with van der Waals surface area (Å²) < 4.78 is 0. The Balaban J connectivity index is 2.43. The summed E-state index contributed by atoms with van der Waals surface area (Å²) in [7, 11) is 0. The first-order valence-corrected chi connectivity index (χ1v) is 6.75. The minimum absolute atomic E-state index is 0.205. The molecule has 1 aromatic heterocycles. The van der Waals surface area contributed by atoms with E-state index in [0.717, 1.165) is 19.4 Å². The molecule has 0 bridgehead atoms. The van der Waals surface area contributed by atoms with Crippen molar-refractivity contribution in [1.82, 2.24) is 9.97 Å². The molecule has 0 aromatic carbocycles. The Morgan fingerprint density at radius 3 is 2.70 bits per heavy atom. The molecule has 1 aromatic rings. The van der Waals surface area contributed by atoms with Crippen molar-refractivity contribution in [3.63, 3.8) is 0 Å². The molecule has 7 nitrogen and oxygen atoms in total. The van der Waals surface area contributed by atoms with Gasteiger partial charge >= 0.3 is 0 Å². The molecule has 1 amide bonds. The van der Waals surface area contributed by atoms with E-state index in [-0.39, 0.29) is 17.4 Å². The number of rotatable bonds is 3. The lowest BCUT2D eigenvalue weighted by molar-refractivity contribution is -0.119. The van der Waals surface area contributed by atoms with E-state index in [9.17, 15) is 4.79 Å². The van der Waals surface area contributed by atoms with E-state index in [0.29, 0.717) is 17.5 Å². The second-order valence-corrected chi connectivity index (χ2v) is 6.08. The standard InChI is InChI=1S/C13H22N6O/c1-13(2,3)12-16-9(18-15)7-10(17-12)19-6-4-5-8(19)11(14)20/h7-8H,4-6,15H2,1-3H3,(H2,14,20)(H,16,17,18). The van der Waals surface area contributed by atoms with E-state index >= 15 is 0 Å². The van der Waals surface area contributed by atoms with Gasteiger partial charge in [0.1, 0.15) is 23.5 Å². The van der Waals surface area contributed by atoms with Gasteiger partial charge in [0.15, 0.2) is 0 Å². The quantitative estimate of drug-likeness (QED) is 0.549. The number of nitrogens with one attached hydrogen (secondary N) is 1. The van der Waals surface area contributed by atoms with Crippen LogP contribution in [0.1, 0.15) is 39.4 Å². The average molecular weight is 278 g/mol. The topological polar surface area (TPSA) is 110 Å². The van der Waals surface area contributed by atoms with Gasteiger partial charge in [-0.2, -0.15) is 0 Å². The molecule has 0 saturated carbocycles. The number of amides is 1. The lowest BCUT2D eigenvalue weighted by atomic mass is 9.96. The summed E-state index contributed by atoms with van der Waals surface area (Å²) in [4.78, 5) is 22.4. The summed E-state index contributed by atoms with van der Waals surface area (Å²) in [6, 6.07) is 1.44. The molecule has 1 saturated heterocycles. The number of anilines is 2. The van der Waals surface area contributed by atoms with Gasteiger partial charge in [0.05, 0.1) is 0 Å². The number of hydrogen-bond donors (Lipinski definition) is 3. The lowest BCUT2D eigenvalue weighted by Gasteiger charge is -2.26. The predicted octanol–water partition coefficient (Wildman–Crippen LogP) is 0.514. The van der Waals surface area contributed by atoms with E-state index in [4.69, 9.17) is 11.6 Å². The largest absolute Gasteiger partial charge is 0.368 e. The maximum Gasteiger partial charge on any atom is 0.240 e. The van der Waals surface area contributed by atoms with Crippen LogP contribution in [-0.2, 0) is 10.2 Å². The monoisotopic (exact) mass is 278 g/mol. The fourth-order valence-electron chi connectivity index (χ4n) is 2.33. The van der Waals surface area contributed by atoms with E-state index in [1.165, 1.54) is 0 Å². The Bertz CT molecular complexity index is 510. The number of carbonyl (C=O) groups excluding carboxylic acids is 1. The zero-order chi connectivity index (χ0) is 14.9. The van der Waals surface area contributed by atoms with Gasteiger partial charge in [-0.25, -0.2) is 15.8 Å². The second-order valence-electron chi connectivity index (χ2n) is 6.08. The summed E-state index contributed by atoms with van der Waals surface area (Å²) in [5, 5.41) is 0. The number of primary amides is 1. The molecule has 2 heterocycles. The molecule has 1 unspecified atom stereocenters. The Morgan fingerprint density at radius 2 is 2.15 bits per heavy atom. The van der Waals surface area contributed by atoms with E-state index in [2.05, 4.69) is 15.4 Å². The van der Waals surface area contributed by atoms with Gasteiger partial charge in [-0.1, -0.05) is 20.8 Å². The molecular formula is C13H22N6O. The fraction of sp³-hybridized carbons (Fsp3) is 0.615. The van der Waals surface area contributed by atoms with Crippen LogP contribution in [0.5, 0.6) is 0 Å². The van der Waals surface area contributed by atoms with Gasteiger partial charge in [0, 0.05) is 18.0 Å². The minimum atomic E-state index is -0.319. The molecule has 2 rings (SSSR count). The van der Waals surface area contributed by atoms with Crippen LogP contribution in [0.4, 0.5) is 11.6 Å². The molecule has 0 spiro atoms. The summed E-state index contributed by atoms with van der Waals surface area (Å²) in [5.41, 5.74) is 7.80. The molecule has 0 radical (unpaired) electrons. The minimum Gasteiger partial charge on any atom is -0.368 e. The first-order valence-electron chi connectivity index (χ1n) is 6.75. The Kier molecular flexibility index (Phi) is 3.80. The normalized spacial score (nSPS) is 19.2. The average Bonchev–Trinajstić information content (AvgIpc) is 2.86. The smallest absolute Gasteiger partial charge is 0.240 e. The summed E-state index contributed by atoms with van der Waals surface area (Å²) >= 11 is 0. The van der Waals surface area contributed by atoms with Crippen molar-refractivity contribution in [1.29, 1.82) is 0 Å². The fourth-order valence-corrected chi connectivity index (χ4v) is 2.33. The number of hydrazine groups is 1. The Labute approximate surface area is 118 Å². The van der Waals surface area contributed by atoms with Crippen LogP contribution in [0.15, 0.2) is 6.07 Å². The maximum absolute atomic E-state index is 11.5. The highest BCUT2D eigenvalue weighted by atomic mass is 16.1. The number of aromatic nitrogens is 2. The highest BCUT2D eigenvalue weighted by molar-refractivity contribution is 5.84. The van der Waals surface area contributed by atoms with E-state index < -0.39 is 0 Å². The van der Waals surface area contributed by atoms with Gasteiger partial charge in [0.25, 0.3) is 0 Å². The zero-order valence-electron chi connectivity index (χ0n) is 12.2. The third-order valence-corrected chi connectivity index (χ3v) is 3.41. The number of nitrogens with two attached hydrogens (primary N) is 2. The van der Waals surface area contributed by atoms with Crippen molar-refractivity contribution in [2.24, 2.45) is 11.6 Å². The Hall–Kier alpha value is -1.89. The van der Waals surface area contributed by atoms with Gasteiger partial charge < -0.3 is 16.1 Å². The van der Waals surface area contributed by atoms with Crippen molar-refractivity contribution >= 4 is 17.5 Å². The predicted molar refractivity (Wildman–Crippen MR) is 78.1 cm³/mol. The van der Waals surface area contributed by atoms with Crippen molar-refractivity contribution < 1.29 is 4.79 Å². The van der Waals surface area contributed by atoms with Crippen molar-refractivity contribution in [2.45, 2.75) is 45.1 Å². The van der Waals surface area contributed by atoms with Crippen LogP contribution in [0.2, 0.25) is 0 Å². The van der Waals surface area contributed by atoms with Gasteiger partial charge in [-0.15, -0.1) is 0 Å². The maximum atomic E-state index is 11.5. The van der Waals surface area contributed by atoms with Crippen LogP contribution >= 0.6 is 0 Å². The first kappa shape index (κ1) is 14.5. The lowest BCUT2D eigenvalue weighted by Crippen LogP contribution is -2.41.